The third-order valence-electron chi connectivity index (χ3n) is 10.6. The van der Waals surface area contributed by atoms with Gasteiger partial charge in [-0.2, -0.15) is 0 Å². The predicted molar refractivity (Wildman–Crippen MR) is 211 cm³/mol. The third-order valence-corrected chi connectivity index (χ3v) is 31.4. The standard InChI is InChI=1S/2C21H17.C2H7Si.C2H6.2ClH.Zr/c2*1-2-15-13-17-9-6-12-20(21(17)14-15)19-11-5-8-16-7-3-4-10-18(16)19;1-2-3;1-2;;;/h2*3-14H,2H2,1H3;2-3H2,1H3;1-2H3;2*1H;/q;;;;;;+2/p-2. The van der Waals surface area contributed by atoms with E-state index in [4.69, 9.17) is 0 Å². The summed E-state index contributed by atoms with van der Waals surface area (Å²) in [5.41, 5.74) is 15.3. The van der Waals surface area contributed by atoms with Crippen LogP contribution in [0.2, 0.25) is 6.04 Å². The van der Waals surface area contributed by atoms with Crippen molar-refractivity contribution >= 4 is 40.3 Å². The van der Waals surface area contributed by atoms with Crippen molar-refractivity contribution in [3.8, 4) is 22.3 Å². The van der Waals surface area contributed by atoms with E-state index in [-0.39, 0.29) is 31.5 Å². The zero-order valence-electron chi connectivity index (χ0n) is 29.9. The second kappa shape index (κ2) is 17.0. The molecule has 0 saturated heterocycles. The molecule has 0 aliphatic heterocycles. The van der Waals surface area contributed by atoms with E-state index < -0.39 is 20.9 Å². The van der Waals surface area contributed by atoms with Crippen LogP contribution in [0.3, 0.4) is 0 Å². The van der Waals surface area contributed by atoms with Crippen molar-refractivity contribution in [1.29, 1.82) is 0 Å². The van der Waals surface area contributed by atoms with Crippen LogP contribution in [0.25, 0.3) is 56.0 Å². The van der Waals surface area contributed by atoms with E-state index in [1.165, 1.54) is 61.0 Å². The molecule has 0 heterocycles. The molecule has 0 aromatic heterocycles. The van der Waals surface area contributed by atoms with Crippen LogP contribution in [0.15, 0.2) is 132 Å². The Kier molecular flexibility index (Phi) is 13.0. The van der Waals surface area contributed by atoms with Crippen molar-refractivity contribution in [2.45, 2.75) is 60.8 Å². The van der Waals surface area contributed by atoms with Gasteiger partial charge >= 0.3 is 285 Å². The van der Waals surface area contributed by atoms with Gasteiger partial charge in [-0.1, -0.05) is 13.8 Å². The summed E-state index contributed by atoms with van der Waals surface area (Å²) in [7, 11) is 0. The molecule has 253 valence electrons. The number of rotatable bonds is 8. The largest absolute Gasteiger partial charge is 1.00 e. The summed E-state index contributed by atoms with van der Waals surface area (Å²) in [5.74, 6) is 0. The first-order valence-corrected chi connectivity index (χ1v) is 28.0. The fourth-order valence-corrected chi connectivity index (χ4v) is 31.7. The topological polar surface area (TPSA) is 0 Å². The van der Waals surface area contributed by atoms with Crippen LogP contribution in [0.4, 0.5) is 0 Å². The predicted octanol–water partition coefficient (Wildman–Crippen LogP) is 6.90. The summed E-state index contributed by atoms with van der Waals surface area (Å²) >= 11 is -2.10. The van der Waals surface area contributed by atoms with Crippen LogP contribution in [0.1, 0.15) is 77.0 Å². The number of hydrogen-bond donors (Lipinski definition) is 0. The molecular weight excluding hydrogens is 743 g/mol. The molecule has 0 radical (unpaired) electrons. The van der Waals surface area contributed by atoms with Crippen molar-refractivity contribution < 1.29 is 45.7 Å². The maximum Gasteiger partial charge on any atom is -1.00 e. The minimum Gasteiger partial charge on any atom is -1.00 e. The second-order valence-electron chi connectivity index (χ2n) is 13.0. The number of benzene rings is 6. The van der Waals surface area contributed by atoms with Crippen molar-refractivity contribution in [3.63, 3.8) is 0 Å². The summed E-state index contributed by atoms with van der Waals surface area (Å²) in [6, 6.07) is 47.4. The monoisotopic (exact) mass is 787 g/mol. The summed E-state index contributed by atoms with van der Waals surface area (Å²) in [6.07, 6.45) is 7.58. The molecule has 0 nitrogen and oxygen atoms in total. The van der Waals surface area contributed by atoms with Crippen molar-refractivity contribution in [2.24, 2.45) is 0 Å². The molecule has 0 amide bonds. The van der Waals surface area contributed by atoms with Gasteiger partial charge in [-0.05, 0) is 0 Å². The van der Waals surface area contributed by atoms with Gasteiger partial charge in [0.1, 0.15) is 0 Å². The molecule has 4 heteroatoms. The molecule has 2 aliphatic carbocycles. The Balaban J connectivity index is 0.00000119. The Bertz CT molecular complexity index is 2020. The first-order valence-electron chi connectivity index (χ1n) is 18.2. The second-order valence-corrected chi connectivity index (χ2v) is 28.7. The molecule has 0 bridgehead atoms. The van der Waals surface area contributed by atoms with E-state index in [0.29, 0.717) is 7.25 Å². The van der Waals surface area contributed by atoms with Crippen LogP contribution in [0.5, 0.6) is 0 Å². The number of halogens is 2. The molecule has 0 N–H and O–H groups in total. The van der Waals surface area contributed by atoms with Crippen LogP contribution in [0, 0.1) is 0 Å². The average molecular weight is 790 g/mol. The zero-order chi connectivity index (χ0) is 33.2. The number of fused-ring (bicyclic) bond motifs is 4. The van der Waals surface area contributed by atoms with Crippen LogP contribution in [-0.2, 0) is 20.9 Å². The first kappa shape index (κ1) is 38.2. The van der Waals surface area contributed by atoms with Gasteiger partial charge in [0.05, 0.1) is 0 Å². The van der Waals surface area contributed by atoms with E-state index in [9.17, 15) is 0 Å². The third kappa shape index (κ3) is 6.70. The van der Waals surface area contributed by atoms with E-state index >= 15 is 0 Å². The summed E-state index contributed by atoms with van der Waals surface area (Å²) in [4.78, 5) is 0. The summed E-state index contributed by atoms with van der Waals surface area (Å²) in [6.45, 7) is 11.1. The van der Waals surface area contributed by atoms with E-state index in [1.807, 2.05) is 13.8 Å². The molecular formula is C46H47Cl2SiZr. The van der Waals surface area contributed by atoms with Gasteiger partial charge in [-0.3, -0.25) is 0 Å². The van der Waals surface area contributed by atoms with Gasteiger partial charge in [0, 0.05) is 0 Å². The van der Waals surface area contributed by atoms with Gasteiger partial charge in [0.25, 0.3) is 0 Å². The Hall–Kier alpha value is -3.00. The minimum atomic E-state index is -2.10. The average Bonchev–Trinajstić information content (AvgIpc) is 3.73. The molecule has 2 aliphatic rings. The molecule has 0 spiro atoms. The zero-order valence-corrected chi connectivity index (χ0v) is 35.3. The maximum absolute atomic E-state index is 2.64. The molecule has 2 atom stereocenters. The van der Waals surface area contributed by atoms with Crippen LogP contribution < -0.4 is 24.8 Å². The van der Waals surface area contributed by atoms with Gasteiger partial charge in [0.15, 0.2) is 0 Å². The maximum atomic E-state index is 2.64. The number of allylic oxidation sites excluding steroid dienone is 2. The smallest absolute Gasteiger partial charge is 1.00 e. The molecule has 0 saturated carbocycles. The molecule has 6 aromatic rings. The Morgan fingerprint density at radius 3 is 1.28 bits per heavy atom. The van der Waals surface area contributed by atoms with Crippen molar-refractivity contribution in [2.75, 3.05) is 0 Å². The van der Waals surface area contributed by atoms with Gasteiger partial charge < -0.3 is 24.8 Å². The van der Waals surface area contributed by atoms with Gasteiger partial charge in [-0.25, -0.2) is 0 Å². The molecule has 6 aromatic carbocycles. The summed E-state index contributed by atoms with van der Waals surface area (Å²) in [5, 5.41) is 5.36. The minimum absolute atomic E-state index is 0. The van der Waals surface area contributed by atoms with Gasteiger partial charge in [0.2, 0.25) is 0 Å². The Morgan fingerprint density at radius 1 is 0.480 bits per heavy atom. The summed E-state index contributed by atoms with van der Waals surface area (Å²) < 4.78 is 1.35. The van der Waals surface area contributed by atoms with Crippen molar-refractivity contribution in [1.82, 2.24) is 0 Å². The molecule has 50 heavy (non-hydrogen) atoms. The fourth-order valence-electron chi connectivity index (χ4n) is 8.55. The Labute approximate surface area is 321 Å². The molecule has 0 fully saturated rings. The first-order chi connectivity index (χ1) is 23.7. The van der Waals surface area contributed by atoms with E-state index in [2.05, 4.69) is 154 Å². The van der Waals surface area contributed by atoms with E-state index in [1.54, 1.807) is 22.3 Å². The quantitative estimate of drug-likeness (QED) is 0.148. The Morgan fingerprint density at radius 2 is 0.860 bits per heavy atom. The van der Waals surface area contributed by atoms with E-state index in [0.717, 1.165) is 12.8 Å². The normalized spacial score (nSPS) is 15.8. The molecule has 2 unspecified atom stereocenters. The van der Waals surface area contributed by atoms with Crippen LogP contribution >= 0.6 is 0 Å². The number of hydrogen-bond acceptors (Lipinski definition) is 0. The SMILES string of the molecule is CC.CC[SiH2][Zr+2]([CH]1C(CC)=Cc2c(-c3cccc4ccccc34)cccc21)[CH]1C(CC)=Cc2c(-c3cccc4ccccc34)cccc21.[Cl-].[Cl-]. The molecule has 8 rings (SSSR count). The fraction of sp³-hybridized carbons (Fsp3) is 0.217. The van der Waals surface area contributed by atoms with Gasteiger partial charge in [-0.15, -0.1) is 0 Å². The van der Waals surface area contributed by atoms with Crippen molar-refractivity contribution in [3.05, 3.63) is 155 Å². The van der Waals surface area contributed by atoms with Crippen LogP contribution in [-0.4, -0.2) is 6.65 Å².